The van der Waals surface area contributed by atoms with Crippen molar-refractivity contribution in [3.8, 4) is 0 Å². The highest BCUT2D eigenvalue weighted by molar-refractivity contribution is 4.91. The van der Waals surface area contributed by atoms with Crippen molar-refractivity contribution in [2.45, 2.75) is 51.5 Å². The van der Waals surface area contributed by atoms with Crippen LogP contribution in [0.4, 0.5) is 0 Å². The zero-order chi connectivity index (χ0) is 12.2. The van der Waals surface area contributed by atoms with Gasteiger partial charge in [-0.2, -0.15) is 0 Å². The third-order valence-electron chi connectivity index (χ3n) is 4.90. The van der Waals surface area contributed by atoms with E-state index in [1.165, 1.54) is 38.9 Å². The molecule has 2 rings (SSSR count). The summed E-state index contributed by atoms with van der Waals surface area (Å²) in [7, 11) is 0. The number of hydrogen-bond acceptors (Lipinski definition) is 3. The maximum atomic E-state index is 5.46. The molecule has 3 heteroatoms. The topological polar surface area (TPSA) is 33.3 Å². The van der Waals surface area contributed by atoms with Crippen molar-refractivity contribution in [1.82, 2.24) is 10.6 Å². The molecule has 3 nitrogen and oxygen atoms in total. The van der Waals surface area contributed by atoms with Crippen LogP contribution in [0.25, 0.3) is 0 Å². The molecule has 17 heavy (non-hydrogen) atoms. The van der Waals surface area contributed by atoms with Crippen molar-refractivity contribution < 1.29 is 4.74 Å². The molecular weight excluding hydrogens is 212 g/mol. The highest BCUT2D eigenvalue weighted by Gasteiger charge is 2.34. The lowest BCUT2D eigenvalue weighted by atomic mass is 9.76. The molecule has 0 atom stereocenters. The van der Waals surface area contributed by atoms with Gasteiger partial charge < -0.3 is 15.4 Å². The Hall–Kier alpha value is -0.120. The van der Waals surface area contributed by atoms with Crippen LogP contribution in [-0.2, 0) is 4.74 Å². The van der Waals surface area contributed by atoms with Crippen LogP contribution in [0.1, 0.15) is 46.0 Å². The fourth-order valence-corrected chi connectivity index (χ4v) is 3.01. The zero-order valence-electron chi connectivity index (χ0n) is 11.5. The summed E-state index contributed by atoms with van der Waals surface area (Å²) < 4.78 is 5.46. The minimum atomic E-state index is 0.311. The Kier molecular flexibility index (Phi) is 4.45. The summed E-state index contributed by atoms with van der Waals surface area (Å²) in [6.07, 6.45) is 6.26. The zero-order valence-corrected chi connectivity index (χ0v) is 11.5. The van der Waals surface area contributed by atoms with Gasteiger partial charge in [-0.05, 0) is 57.5 Å². The van der Waals surface area contributed by atoms with Crippen LogP contribution >= 0.6 is 0 Å². The SMILES string of the molecule is CCC1(CNC2(C)CCOCC2)CCNCC1. The smallest absolute Gasteiger partial charge is 0.0483 e. The van der Waals surface area contributed by atoms with Gasteiger partial charge in [0.1, 0.15) is 0 Å². The molecule has 0 amide bonds. The van der Waals surface area contributed by atoms with Crippen LogP contribution in [0.15, 0.2) is 0 Å². The number of nitrogens with one attached hydrogen (secondary N) is 2. The van der Waals surface area contributed by atoms with Crippen LogP contribution < -0.4 is 10.6 Å². The van der Waals surface area contributed by atoms with Crippen LogP contribution in [0.2, 0.25) is 0 Å². The Bertz CT molecular complexity index is 230. The van der Waals surface area contributed by atoms with Crippen molar-refractivity contribution in [1.29, 1.82) is 0 Å². The first kappa shape index (κ1) is 13.3. The first-order valence-electron chi connectivity index (χ1n) is 7.22. The second kappa shape index (κ2) is 5.68. The van der Waals surface area contributed by atoms with Crippen LogP contribution in [0.5, 0.6) is 0 Å². The summed E-state index contributed by atoms with van der Waals surface area (Å²) in [6.45, 7) is 10.1. The number of rotatable bonds is 4. The maximum absolute atomic E-state index is 5.46. The predicted octanol–water partition coefficient (Wildman–Crippen LogP) is 1.92. The molecule has 0 unspecified atom stereocenters. The van der Waals surface area contributed by atoms with E-state index in [0.29, 0.717) is 11.0 Å². The van der Waals surface area contributed by atoms with E-state index >= 15 is 0 Å². The van der Waals surface area contributed by atoms with Gasteiger partial charge in [0.15, 0.2) is 0 Å². The molecule has 2 heterocycles. The molecule has 0 aromatic rings. The van der Waals surface area contributed by atoms with Gasteiger partial charge in [-0.15, -0.1) is 0 Å². The third kappa shape index (κ3) is 3.43. The lowest BCUT2D eigenvalue weighted by Crippen LogP contribution is -2.52. The quantitative estimate of drug-likeness (QED) is 0.788. The van der Waals surface area contributed by atoms with Crippen molar-refractivity contribution >= 4 is 0 Å². The average molecular weight is 240 g/mol. The standard InChI is InChI=1S/C14H28N2O/c1-3-14(4-8-15-9-5-14)12-16-13(2)6-10-17-11-7-13/h15-16H,3-12H2,1-2H3. The lowest BCUT2D eigenvalue weighted by Gasteiger charge is -2.42. The van der Waals surface area contributed by atoms with E-state index in [4.69, 9.17) is 4.74 Å². The first-order chi connectivity index (χ1) is 8.18. The Morgan fingerprint density at radius 2 is 1.76 bits per heavy atom. The molecule has 0 aliphatic carbocycles. The summed E-state index contributed by atoms with van der Waals surface area (Å²) in [6, 6.07) is 0. The van der Waals surface area contributed by atoms with Gasteiger partial charge in [0, 0.05) is 25.3 Å². The second-order valence-corrected chi connectivity index (χ2v) is 6.13. The van der Waals surface area contributed by atoms with Crippen LogP contribution in [0, 0.1) is 5.41 Å². The van der Waals surface area contributed by atoms with E-state index in [-0.39, 0.29) is 0 Å². The van der Waals surface area contributed by atoms with Gasteiger partial charge >= 0.3 is 0 Å². The molecule has 0 aromatic heterocycles. The number of hydrogen-bond donors (Lipinski definition) is 2. The lowest BCUT2D eigenvalue weighted by molar-refractivity contribution is 0.0370. The average Bonchev–Trinajstić information content (AvgIpc) is 2.39. The molecule has 2 saturated heterocycles. The largest absolute Gasteiger partial charge is 0.381 e. The monoisotopic (exact) mass is 240 g/mol. The molecule has 0 radical (unpaired) electrons. The Balaban J connectivity index is 1.86. The van der Waals surface area contributed by atoms with Crippen molar-refractivity contribution in [2.75, 3.05) is 32.8 Å². The predicted molar refractivity (Wildman–Crippen MR) is 71.3 cm³/mol. The first-order valence-corrected chi connectivity index (χ1v) is 7.22. The van der Waals surface area contributed by atoms with E-state index < -0.39 is 0 Å². The number of piperidine rings is 1. The molecule has 0 spiro atoms. The molecule has 2 fully saturated rings. The van der Waals surface area contributed by atoms with Crippen molar-refractivity contribution in [2.24, 2.45) is 5.41 Å². The summed E-state index contributed by atoms with van der Waals surface area (Å²) in [5.41, 5.74) is 0.845. The van der Waals surface area contributed by atoms with Crippen molar-refractivity contribution in [3.05, 3.63) is 0 Å². The van der Waals surface area contributed by atoms with Crippen LogP contribution in [-0.4, -0.2) is 38.4 Å². The van der Waals surface area contributed by atoms with E-state index in [1.807, 2.05) is 0 Å². The normalized spacial score (nSPS) is 27.9. The van der Waals surface area contributed by atoms with Crippen LogP contribution in [0.3, 0.4) is 0 Å². The maximum Gasteiger partial charge on any atom is 0.0483 e. The van der Waals surface area contributed by atoms with Gasteiger partial charge in [0.05, 0.1) is 0 Å². The van der Waals surface area contributed by atoms with E-state index in [2.05, 4.69) is 24.5 Å². The van der Waals surface area contributed by atoms with Crippen molar-refractivity contribution in [3.63, 3.8) is 0 Å². The molecular formula is C14H28N2O. The molecule has 0 bridgehead atoms. The molecule has 2 aliphatic rings. The highest BCUT2D eigenvalue weighted by Crippen LogP contribution is 2.33. The van der Waals surface area contributed by atoms with Gasteiger partial charge in [-0.3, -0.25) is 0 Å². The summed E-state index contributed by atoms with van der Waals surface area (Å²) in [4.78, 5) is 0. The van der Waals surface area contributed by atoms with E-state index in [9.17, 15) is 0 Å². The van der Waals surface area contributed by atoms with E-state index in [0.717, 1.165) is 26.1 Å². The number of ether oxygens (including phenoxy) is 1. The molecule has 0 aromatic carbocycles. The van der Waals surface area contributed by atoms with Gasteiger partial charge in [0.2, 0.25) is 0 Å². The summed E-state index contributed by atoms with van der Waals surface area (Å²) in [5.74, 6) is 0. The molecule has 100 valence electrons. The Morgan fingerprint density at radius 3 is 2.35 bits per heavy atom. The Morgan fingerprint density at radius 1 is 1.12 bits per heavy atom. The molecule has 2 aliphatic heterocycles. The highest BCUT2D eigenvalue weighted by atomic mass is 16.5. The molecule has 0 saturated carbocycles. The van der Waals surface area contributed by atoms with Gasteiger partial charge in [-0.25, -0.2) is 0 Å². The third-order valence-corrected chi connectivity index (χ3v) is 4.90. The van der Waals surface area contributed by atoms with Gasteiger partial charge in [0.25, 0.3) is 0 Å². The molecule has 2 N–H and O–H groups in total. The second-order valence-electron chi connectivity index (χ2n) is 6.13. The minimum absolute atomic E-state index is 0.311. The minimum Gasteiger partial charge on any atom is -0.381 e. The Labute approximate surface area is 106 Å². The summed E-state index contributed by atoms with van der Waals surface area (Å²) >= 11 is 0. The summed E-state index contributed by atoms with van der Waals surface area (Å²) in [5, 5.41) is 7.33. The fraction of sp³-hybridized carbons (Fsp3) is 1.00. The van der Waals surface area contributed by atoms with Gasteiger partial charge in [-0.1, -0.05) is 6.92 Å². The fourth-order valence-electron chi connectivity index (χ4n) is 3.01. The van der Waals surface area contributed by atoms with E-state index in [1.54, 1.807) is 0 Å².